The van der Waals surface area contributed by atoms with E-state index in [-0.39, 0.29) is 11.7 Å². The maximum atomic E-state index is 13.1. The van der Waals surface area contributed by atoms with Crippen LogP contribution >= 0.6 is 0 Å². The minimum Gasteiger partial charge on any atom is -0.355 e. The number of hydrogen-bond donors (Lipinski definition) is 1. The molecule has 0 aliphatic rings. The van der Waals surface area contributed by atoms with Gasteiger partial charge in [0, 0.05) is 18.8 Å². The molecule has 0 fully saturated rings. The number of fused-ring (bicyclic) bond motifs is 1. The van der Waals surface area contributed by atoms with Crippen LogP contribution < -0.4 is 5.32 Å². The highest BCUT2D eigenvalue weighted by Crippen LogP contribution is 2.27. The molecule has 1 amide bonds. The van der Waals surface area contributed by atoms with E-state index >= 15 is 0 Å². The summed E-state index contributed by atoms with van der Waals surface area (Å²) in [5.41, 5.74) is 3.64. The van der Waals surface area contributed by atoms with Gasteiger partial charge in [0.2, 0.25) is 0 Å². The molecule has 0 aliphatic heterocycles. The summed E-state index contributed by atoms with van der Waals surface area (Å²) in [6.07, 6.45) is 2.72. The van der Waals surface area contributed by atoms with Crippen molar-refractivity contribution in [2.45, 2.75) is 13.3 Å². The van der Waals surface area contributed by atoms with Crippen LogP contribution in [0.15, 0.2) is 42.6 Å². The van der Waals surface area contributed by atoms with Crippen molar-refractivity contribution in [3.05, 3.63) is 59.5 Å². The Bertz CT molecular complexity index is 837. The average molecular weight is 297 g/mol. The van der Waals surface area contributed by atoms with E-state index < -0.39 is 0 Å². The average Bonchev–Trinajstić information content (AvgIpc) is 2.93. The van der Waals surface area contributed by atoms with Crippen LogP contribution in [0.4, 0.5) is 4.39 Å². The van der Waals surface area contributed by atoms with E-state index in [4.69, 9.17) is 0 Å². The standard InChI is InChI=1S/C17H16FN3O/c1-3-11-8-9-21-14(10-11)15(17(22)19-2)16(20-21)12-4-6-13(18)7-5-12/h4-10H,3H2,1-2H3,(H,19,22). The summed E-state index contributed by atoms with van der Waals surface area (Å²) >= 11 is 0. The number of pyridine rings is 1. The molecule has 22 heavy (non-hydrogen) atoms. The Morgan fingerprint density at radius 3 is 2.64 bits per heavy atom. The van der Waals surface area contributed by atoms with Gasteiger partial charge in [-0.2, -0.15) is 5.10 Å². The molecular weight excluding hydrogens is 281 g/mol. The molecule has 2 heterocycles. The van der Waals surface area contributed by atoms with Gasteiger partial charge < -0.3 is 5.32 Å². The maximum Gasteiger partial charge on any atom is 0.255 e. The molecule has 0 saturated carbocycles. The number of benzene rings is 1. The number of amides is 1. The molecule has 1 N–H and O–H groups in total. The first-order chi connectivity index (χ1) is 10.6. The van der Waals surface area contributed by atoms with Gasteiger partial charge in [0.1, 0.15) is 11.5 Å². The van der Waals surface area contributed by atoms with Crippen LogP contribution in [-0.4, -0.2) is 22.6 Å². The second kappa shape index (κ2) is 5.60. The van der Waals surface area contributed by atoms with E-state index in [0.717, 1.165) is 17.5 Å². The van der Waals surface area contributed by atoms with E-state index in [1.165, 1.54) is 12.1 Å². The SMILES string of the molecule is CCc1ccn2nc(-c3ccc(F)cc3)c(C(=O)NC)c2c1. The van der Waals surface area contributed by atoms with E-state index in [1.807, 2.05) is 18.3 Å². The molecule has 0 unspecified atom stereocenters. The number of rotatable bonds is 3. The minimum absolute atomic E-state index is 0.206. The second-order valence-corrected chi connectivity index (χ2v) is 5.03. The van der Waals surface area contributed by atoms with Crippen molar-refractivity contribution in [2.75, 3.05) is 7.05 Å². The van der Waals surface area contributed by atoms with Gasteiger partial charge in [0.15, 0.2) is 0 Å². The van der Waals surface area contributed by atoms with Gasteiger partial charge in [-0.05, 0) is 48.4 Å². The molecule has 3 aromatic rings. The summed E-state index contributed by atoms with van der Waals surface area (Å²) in [6, 6.07) is 9.93. The zero-order valence-electron chi connectivity index (χ0n) is 12.4. The van der Waals surface area contributed by atoms with E-state index in [2.05, 4.69) is 17.3 Å². The Labute approximate surface area is 127 Å². The summed E-state index contributed by atoms with van der Waals surface area (Å²) in [6.45, 7) is 2.06. The second-order valence-electron chi connectivity index (χ2n) is 5.03. The van der Waals surface area contributed by atoms with Crippen LogP contribution in [-0.2, 0) is 6.42 Å². The van der Waals surface area contributed by atoms with Crippen LogP contribution in [0, 0.1) is 5.82 Å². The van der Waals surface area contributed by atoms with Gasteiger partial charge in [-0.25, -0.2) is 8.91 Å². The van der Waals surface area contributed by atoms with Gasteiger partial charge in [0.05, 0.1) is 11.1 Å². The summed E-state index contributed by atoms with van der Waals surface area (Å²) in [5.74, 6) is -0.523. The molecule has 112 valence electrons. The minimum atomic E-state index is -0.317. The fraction of sp³-hybridized carbons (Fsp3) is 0.176. The molecule has 0 saturated heterocycles. The number of hydrogen-bond acceptors (Lipinski definition) is 2. The van der Waals surface area contributed by atoms with Crippen molar-refractivity contribution in [2.24, 2.45) is 0 Å². The van der Waals surface area contributed by atoms with Crippen LogP contribution in [0.3, 0.4) is 0 Å². The summed E-state index contributed by atoms with van der Waals surface area (Å²) < 4.78 is 14.8. The monoisotopic (exact) mass is 297 g/mol. The third kappa shape index (κ3) is 2.35. The summed E-state index contributed by atoms with van der Waals surface area (Å²) in [7, 11) is 1.59. The van der Waals surface area contributed by atoms with E-state index in [0.29, 0.717) is 16.8 Å². The summed E-state index contributed by atoms with van der Waals surface area (Å²) in [5, 5.41) is 7.14. The van der Waals surface area contributed by atoms with Crippen LogP contribution in [0.1, 0.15) is 22.8 Å². The lowest BCUT2D eigenvalue weighted by Gasteiger charge is -2.03. The predicted molar refractivity (Wildman–Crippen MR) is 83.4 cm³/mol. The lowest BCUT2D eigenvalue weighted by Crippen LogP contribution is -2.18. The number of carbonyl (C=O) groups excluding carboxylic acids is 1. The molecule has 0 spiro atoms. The predicted octanol–water partition coefficient (Wildman–Crippen LogP) is 3.06. The first-order valence-corrected chi connectivity index (χ1v) is 7.13. The van der Waals surface area contributed by atoms with E-state index in [9.17, 15) is 9.18 Å². The lowest BCUT2D eigenvalue weighted by atomic mass is 10.0. The Morgan fingerprint density at radius 1 is 1.27 bits per heavy atom. The van der Waals surface area contributed by atoms with Gasteiger partial charge in [-0.3, -0.25) is 4.79 Å². The van der Waals surface area contributed by atoms with Gasteiger partial charge in [-0.1, -0.05) is 6.92 Å². The third-order valence-corrected chi connectivity index (χ3v) is 3.68. The first-order valence-electron chi connectivity index (χ1n) is 7.13. The molecular formula is C17H16FN3O. The molecule has 0 atom stereocenters. The zero-order valence-corrected chi connectivity index (χ0v) is 12.4. The maximum absolute atomic E-state index is 13.1. The highest BCUT2D eigenvalue weighted by atomic mass is 19.1. The third-order valence-electron chi connectivity index (χ3n) is 3.68. The van der Waals surface area contributed by atoms with Crippen molar-refractivity contribution in [3.63, 3.8) is 0 Å². The normalized spacial score (nSPS) is 10.9. The molecule has 1 aromatic carbocycles. The molecule has 2 aromatic heterocycles. The Balaban J connectivity index is 2.28. The number of carbonyl (C=O) groups is 1. The number of nitrogens with one attached hydrogen (secondary N) is 1. The molecule has 0 aliphatic carbocycles. The van der Waals surface area contributed by atoms with Crippen molar-refractivity contribution >= 4 is 11.4 Å². The first kappa shape index (κ1) is 14.3. The topological polar surface area (TPSA) is 46.4 Å². The Morgan fingerprint density at radius 2 is 2.00 bits per heavy atom. The van der Waals surface area contributed by atoms with Crippen LogP contribution in [0.2, 0.25) is 0 Å². The number of aromatic nitrogens is 2. The van der Waals surface area contributed by atoms with Gasteiger partial charge >= 0.3 is 0 Å². The zero-order chi connectivity index (χ0) is 15.7. The Hall–Kier alpha value is -2.69. The Kier molecular flexibility index (Phi) is 3.63. The number of aryl methyl sites for hydroxylation is 1. The van der Waals surface area contributed by atoms with Gasteiger partial charge in [-0.15, -0.1) is 0 Å². The molecule has 0 bridgehead atoms. The quantitative estimate of drug-likeness (QED) is 0.807. The van der Waals surface area contributed by atoms with Crippen LogP contribution in [0.5, 0.6) is 0 Å². The highest BCUT2D eigenvalue weighted by Gasteiger charge is 2.20. The highest BCUT2D eigenvalue weighted by molar-refractivity contribution is 6.06. The number of nitrogens with zero attached hydrogens (tertiary/aromatic N) is 2. The summed E-state index contributed by atoms with van der Waals surface area (Å²) in [4.78, 5) is 12.3. The number of halogens is 1. The smallest absolute Gasteiger partial charge is 0.255 e. The fourth-order valence-electron chi connectivity index (χ4n) is 2.47. The van der Waals surface area contributed by atoms with Crippen molar-refractivity contribution < 1.29 is 9.18 Å². The molecule has 4 nitrogen and oxygen atoms in total. The van der Waals surface area contributed by atoms with E-state index in [1.54, 1.807) is 23.7 Å². The van der Waals surface area contributed by atoms with Crippen LogP contribution in [0.25, 0.3) is 16.8 Å². The lowest BCUT2D eigenvalue weighted by molar-refractivity contribution is 0.0965. The van der Waals surface area contributed by atoms with Crippen molar-refractivity contribution in [1.29, 1.82) is 0 Å². The molecule has 5 heteroatoms. The van der Waals surface area contributed by atoms with Crippen molar-refractivity contribution in [1.82, 2.24) is 14.9 Å². The molecule has 3 rings (SSSR count). The molecule has 0 radical (unpaired) electrons. The fourth-order valence-corrected chi connectivity index (χ4v) is 2.47. The largest absolute Gasteiger partial charge is 0.355 e. The van der Waals surface area contributed by atoms with Gasteiger partial charge in [0.25, 0.3) is 5.91 Å². The van der Waals surface area contributed by atoms with Crippen molar-refractivity contribution in [3.8, 4) is 11.3 Å².